The van der Waals surface area contributed by atoms with Crippen molar-refractivity contribution >= 4 is 17.4 Å². The molecular formula is C19H19NO4. The van der Waals surface area contributed by atoms with E-state index in [-0.39, 0.29) is 12.2 Å². The zero-order valence-corrected chi connectivity index (χ0v) is 13.6. The van der Waals surface area contributed by atoms with Crippen LogP contribution in [-0.4, -0.2) is 25.5 Å². The Hall–Kier alpha value is -3.08. The van der Waals surface area contributed by atoms with Gasteiger partial charge in [-0.1, -0.05) is 42.5 Å². The molecule has 0 aliphatic rings. The number of methoxy groups -OCH3 is 1. The van der Waals surface area contributed by atoms with Gasteiger partial charge in [0.1, 0.15) is 11.3 Å². The van der Waals surface area contributed by atoms with Crippen molar-refractivity contribution < 1.29 is 19.1 Å². The standard InChI is InChI=1S/C19H19NO4/c1-3-24-19(22)15(18(21)14-9-5-4-6-10-14)13-20-16-11-7-8-12-17(16)23-2/h4-13,20H,3H2,1-2H3. The molecule has 0 atom stereocenters. The average Bonchev–Trinajstić information content (AvgIpc) is 2.63. The van der Waals surface area contributed by atoms with Crippen LogP contribution >= 0.6 is 0 Å². The van der Waals surface area contributed by atoms with Gasteiger partial charge in [-0.25, -0.2) is 4.79 Å². The Bertz CT molecular complexity index is 738. The van der Waals surface area contributed by atoms with Crippen molar-refractivity contribution in [1.29, 1.82) is 0 Å². The molecule has 1 N–H and O–H groups in total. The Kier molecular flexibility index (Phi) is 6.14. The Balaban J connectivity index is 2.32. The summed E-state index contributed by atoms with van der Waals surface area (Å²) in [6, 6.07) is 15.8. The van der Waals surface area contributed by atoms with E-state index in [1.807, 2.05) is 12.1 Å². The highest BCUT2D eigenvalue weighted by Gasteiger charge is 2.21. The number of rotatable bonds is 7. The van der Waals surface area contributed by atoms with Crippen molar-refractivity contribution in [1.82, 2.24) is 0 Å². The second-order valence-electron chi connectivity index (χ2n) is 4.82. The lowest BCUT2D eigenvalue weighted by Gasteiger charge is -2.10. The Morgan fingerprint density at radius 1 is 1.04 bits per heavy atom. The van der Waals surface area contributed by atoms with Gasteiger partial charge in [-0.05, 0) is 19.1 Å². The van der Waals surface area contributed by atoms with Crippen molar-refractivity contribution in [2.24, 2.45) is 0 Å². The third-order valence-electron chi connectivity index (χ3n) is 3.25. The van der Waals surface area contributed by atoms with Crippen molar-refractivity contribution in [3.8, 4) is 5.75 Å². The lowest BCUT2D eigenvalue weighted by molar-refractivity contribution is -0.138. The van der Waals surface area contributed by atoms with E-state index >= 15 is 0 Å². The number of para-hydroxylation sites is 2. The summed E-state index contributed by atoms with van der Waals surface area (Å²) < 4.78 is 10.2. The molecular weight excluding hydrogens is 306 g/mol. The minimum Gasteiger partial charge on any atom is -0.495 e. The quantitative estimate of drug-likeness (QED) is 0.278. The highest BCUT2D eigenvalue weighted by atomic mass is 16.5. The second-order valence-corrected chi connectivity index (χ2v) is 4.82. The number of anilines is 1. The smallest absolute Gasteiger partial charge is 0.343 e. The Morgan fingerprint density at radius 2 is 1.71 bits per heavy atom. The van der Waals surface area contributed by atoms with Crippen LogP contribution in [0.1, 0.15) is 17.3 Å². The molecule has 0 spiro atoms. The molecule has 0 saturated heterocycles. The maximum absolute atomic E-state index is 12.6. The molecule has 24 heavy (non-hydrogen) atoms. The first-order valence-electron chi connectivity index (χ1n) is 7.54. The van der Waals surface area contributed by atoms with Gasteiger partial charge in [-0.3, -0.25) is 4.79 Å². The summed E-state index contributed by atoms with van der Waals surface area (Å²) in [5, 5.41) is 2.95. The lowest BCUT2D eigenvalue weighted by Crippen LogP contribution is -2.17. The number of Topliss-reactive ketones (excluding diaryl/α,β-unsaturated/α-hetero) is 1. The minimum atomic E-state index is -0.672. The third kappa shape index (κ3) is 4.23. The monoisotopic (exact) mass is 325 g/mol. The summed E-state index contributed by atoms with van der Waals surface area (Å²) in [4.78, 5) is 24.7. The number of ether oxygens (including phenoxy) is 2. The first-order chi connectivity index (χ1) is 11.7. The molecule has 2 aromatic carbocycles. The maximum Gasteiger partial charge on any atom is 0.343 e. The molecule has 2 rings (SSSR count). The largest absolute Gasteiger partial charge is 0.495 e. The highest BCUT2D eigenvalue weighted by Crippen LogP contribution is 2.23. The van der Waals surface area contributed by atoms with E-state index in [9.17, 15) is 9.59 Å². The number of nitrogens with one attached hydrogen (secondary N) is 1. The Morgan fingerprint density at radius 3 is 2.38 bits per heavy atom. The molecule has 0 amide bonds. The molecule has 124 valence electrons. The van der Waals surface area contributed by atoms with Crippen LogP contribution in [0.15, 0.2) is 66.4 Å². The van der Waals surface area contributed by atoms with Gasteiger partial charge >= 0.3 is 5.97 Å². The molecule has 0 aromatic heterocycles. The van der Waals surface area contributed by atoms with Crippen molar-refractivity contribution in [2.75, 3.05) is 19.0 Å². The summed E-state index contributed by atoms with van der Waals surface area (Å²) in [6.45, 7) is 1.88. The number of carbonyl (C=O) groups excluding carboxylic acids is 2. The van der Waals surface area contributed by atoms with Crippen molar-refractivity contribution in [2.45, 2.75) is 6.92 Å². The summed E-state index contributed by atoms with van der Waals surface area (Å²) >= 11 is 0. The van der Waals surface area contributed by atoms with Gasteiger partial charge in [-0.15, -0.1) is 0 Å². The molecule has 2 aromatic rings. The van der Waals surface area contributed by atoms with Crippen LogP contribution in [0, 0.1) is 0 Å². The van der Waals surface area contributed by atoms with Gasteiger partial charge < -0.3 is 14.8 Å². The number of benzene rings is 2. The summed E-state index contributed by atoms with van der Waals surface area (Å²) in [6.07, 6.45) is 1.35. The van der Waals surface area contributed by atoms with Crippen LogP contribution in [-0.2, 0) is 9.53 Å². The lowest BCUT2D eigenvalue weighted by atomic mass is 10.0. The fraction of sp³-hybridized carbons (Fsp3) is 0.158. The highest BCUT2D eigenvalue weighted by molar-refractivity contribution is 6.24. The predicted octanol–water partition coefficient (Wildman–Crippen LogP) is 3.44. The molecule has 0 saturated carbocycles. The summed E-state index contributed by atoms with van der Waals surface area (Å²) in [5.74, 6) is -0.477. The molecule has 0 aliphatic carbocycles. The number of hydrogen-bond acceptors (Lipinski definition) is 5. The molecule has 0 radical (unpaired) electrons. The van der Waals surface area contributed by atoms with Gasteiger partial charge in [0.05, 0.1) is 19.4 Å². The van der Waals surface area contributed by atoms with Crippen molar-refractivity contribution in [3.05, 3.63) is 71.9 Å². The van der Waals surface area contributed by atoms with E-state index in [4.69, 9.17) is 9.47 Å². The topological polar surface area (TPSA) is 64.6 Å². The first-order valence-corrected chi connectivity index (χ1v) is 7.54. The molecule has 0 aliphatic heterocycles. The Labute approximate surface area is 140 Å². The van der Waals surface area contributed by atoms with E-state index in [2.05, 4.69) is 5.32 Å². The normalized spacial score (nSPS) is 10.8. The van der Waals surface area contributed by atoms with Crippen LogP contribution < -0.4 is 10.1 Å². The molecule has 0 unspecified atom stereocenters. The second kappa shape index (κ2) is 8.53. The first kappa shape index (κ1) is 17.3. The zero-order chi connectivity index (χ0) is 17.4. The number of ketones is 1. The van der Waals surface area contributed by atoms with Crippen LogP contribution in [0.4, 0.5) is 5.69 Å². The predicted molar refractivity (Wildman–Crippen MR) is 92.1 cm³/mol. The summed E-state index contributed by atoms with van der Waals surface area (Å²) in [5.41, 5.74) is 0.982. The molecule has 5 heteroatoms. The fourth-order valence-corrected chi connectivity index (χ4v) is 2.08. The van der Waals surface area contributed by atoms with E-state index in [1.54, 1.807) is 56.5 Å². The van der Waals surface area contributed by atoms with Crippen LogP contribution in [0.2, 0.25) is 0 Å². The van der Waals surface area contributed by atoms with Gasteiger partial charge in [0, 0.05) is 11.8 Å². The van der Waals surface area contributed by atoms with Gasteiger partial charge in [-0.2, -0.15) is 0 Å². The third-order valence-corrected chi connectivity index (χ3v) is 3.25. The van der Waals surface area contributed by atoms with Gasteiger partial charge in [0.25, 0.3) is 0 Å². The molecule has 0 fully saturated rings. The van der Waals surface area contributed by atoms with Gasteiger partial charge in [0.15, 0.2) is 0 Å². The number of esters is 1. The van der Waals surface area contributed by atoms with E-state index in [1.165, 1.54) is 6.20 Å². The van der Waals surface area contributed by atoms with E-state index < -0.39 is 11.8 Å². The SMILES string of the molecule is CCOC(=O)C(=CNc1ccccc1OC)C(=O)c1ccccc1. The average molecular weight is 325 g/mol. The summed E-state index contributed by atoms with van der Waals surface area (Å²) in [7, 11) is 1.55. The zero-order valence-electron chi connectivity index (χ0n) is 13.6. The maximum atomic E-state index is 12.6. The molecule has 5 nitrogen and oxygen atoms in total. The van der Waals surface area contributed by atoms with Crippen molar-refractivity contribution in [3.63, 3.8) is 0 Å². The fourth-order valence-electron chi connectivity index (χ4n) is 2.08. The number of hydrogen-bond donors (Lipinski definition) is 1. The van der Waals surface area contributed by atoms with E-state index in [0.717, 1.165) is 0 Å². The minimum absolute atomic E-state index is 0.0750. The molecule has 0 bridgehead atoms. The van der Waals surface area contributed by atoms with Crippen LogP contribution in [0.3, 0.4) is 0 Å². The van der Waals surface area contributed by atoms with Gasteiger partial charge in [0.2, 0.25) is 5.78 Å². The van der Waals surface area contributed by atoms with Crippen LogP contribution in [0.5, 0.6) is 5.75 Å². The van der Waals surface area contributed by atoms with Crippen LogP contribution in [0.25, 0.3) is 0 Å². The molecule has 0 heterocycles. The number of carbonyl (C=O) groups is 2. The van der Waals surface area contributed by atoms with E-state index in [0.29, 0.717) is 17.0 Å².